The largest absolute Gasteiger partial charge is 0.246 e. The standard InChI is InChI=1S/C7H10F2/c1-3-6(2)7(9)4-5-8/h3-4H,5H2,1-2H3/b6-3-,7-4+. The third-order valence-corrected chi connectivity index (χ3v) is 1.07. The summed E-state index contributed by atoms with van der Waals surface area (Å²) in [6.45, 7) is 2.57. The molecule has 0 fully saturated rings. The number of rotatable bonds is 2. The van der Waals surface area contributed by atoms with E-state index < -0.39 is 12.5 Å². The molecular weight excluding hydrogens is 122 g/mol. The van der Waals surface area contributed by atoms with Crippen molar-refractivity contribution in [2.75, 3.05) is 6.67 Å². The summed E-state index contributed by atoms with van der Waals surface area (Å²) in [5.41, 5.74) is 0.479. The van der Waals surface area contributed by atoms with Crippen LogP contribution >= 0.6 is 0 Å². The quantitative estimate of drug-likeness (QED) is 0.507. The first-order valence-electron chi connectivity index (χ1n) is 2.77. The summed E-state index contributed by atoms with van der Waals surface area (Å²) >= 11 is 0. The van der Waals surface area contributed by atoms with E-state index >= 15 is 0 Å². The maximum atomic E-state index is 12.3. The zero-order valence-electron chi connectivity index (χ0n) is 5.62. The van der Waals surface area contributed by atoms with Crippen molar-refractivity contribution in [3.63, 3.8) is 0 Å². The number of alkyl halides is 1. The van der Waals surface area contributed by atoms with Gasteiger partial charge in [0.25, 0.3) is 0 Å². The van der Waals surface area contributed by atoms with Crippen molar-refractivity contribution >= 4 is 0 Å². The minimum Gasteiger partial charge on any atom is -0.246 e. The van der Waals surface area contributed by atoms with Gasteiger partial charge in [0.05, 0.1) is 0 Å². The van der Waals surface area contributed by atoms with Crippen molar-refractivity contribution in [3.8, 4) is 0 Å². The first-order chi connectivity index (χ1) is 4.22. The van der Waals surface area contributed by atoms with Crippen LogP contribution in [0.15, 0.2) is 23.6 Å². The Kier molecular flexibility index (Phi) is 3.93. The molecule has 0 aromatic carbocycles. The second-order valence-electron chi connectivity index (χ2n) is 1.68. The van der Waals surface area contributed by atoms with Crippen LogP contribution in [0.25, 0.3) is 0 Å². The van der Waals surface area contributed by atoms with Crippen molar-refractivity contribution in [3.05, 3.63) is 23.6 Å². The van der Waals surface area contributed by atoms with E-state index in [1.165, 1.54) is 0 Å². The van der Waals surface area contributed by atoms with E-state index in [0.29, 0.717) is 5.57 Å². The van der Waals surface area contributed by atoms with Gasteiger partial charge in [-0.1, -0.05) is 6.08 Å². The molecule has 2 heteroatoms. The molecule has 0 atom stereocenters. The van der Waals surface area contributed by atoms with Crippen molar-refractivity contribution < 1.29 is 8.78 Å². The van der Waals surface area contributed by atoms with Crippen LogP contribution in [0.2, 0.25) is 0 Å². The molecule has 9 heavy (non-hydrogen) atoms. The van der Waals surface area contributed by atoms with Crippen LogP contribution in [-0.2, 0) is 0 Å². The second-order valence-corrected chi connectivity index (χ2v) is 1.68. The maximum absolute atomic E-state index is 12.3. The summed E-state index contributed by atoms with van der Waals surface area (Å²) < 4.78 is 23.7. The van der Waals surface area contributed by atoms with Gasteiger partial charge in [-0.2, -0.15) is 0 Å². The molecule has 0 heterocycles. The molecule has 0 N–H and O–H groups in total. The summed E-state index contributed by atoms with van der Waals surface area (Å²) in [6, 6.07) is 0. The van der Waals surface area contributed by atoms with E-state index in [1.54, 1.807) is 19.9 Å². The molecule has 0 radical (unpaired) electrons. The average molecular weight is 132 g/mol. The molecule has 0 saturated carbocycles. The van der Waals surface area contributed by atoms with Crippen molar-refractivity contribution in [1.82, 2.24) is 0 Å². The fourth-order valence-corrected chi connectivity index (χ4v) is 0.367. The Balaban J connectivity index is 4.03. The lowest BCUT2D eigenvalue weighted by atomic mass is 10.2. The Morgan fingerprint density at radius 3 is 2.44 bits per heavy atom. The van der Waals surface area contributed by atoms with E-state index in [9.17, 15) is 8.78 Å². The molecule has 0 spiro atoms. The van der Waals surface area contributed by atoms with E-state index in [2.05, 4.69) is 0 Å². The molecule has 0 aliphatic heterocycles. The summed E-state index contributed by atoms with van der Waals surface area (Å²) in [5, 5.41) is 0. The fraction of sp³-hybridized carbons (Fsp3) is 0.429. The zero-order chi connectivity index (χ0) is 7.28. The monoisotopic (exact) mass is 132 g/mol. The number of hydrogen-bond donors (Lipinski definition) is 0. The lowest BCUT2D eigenvalue weighted by molar-refractivity contribution is 0.545. The van der Waals surface area contributed by atoms with Crippen LogP contribution in [0, 0.1) is 0 Å². The van der Waals surface area contributed by atoms with Crippen LogP contribution in [0.4, 0.5) is 8.78 Å². The van der Waals surface area contributed by atoms with Gasteiger partial charge in [0.2, 0.25) is 0 Å². The molecule has 0 nitrogen and oxygen atoms in total. The van der Waals surface area contributed by atoms with Crippen molar-refractivity contribution in [2.24, 2.45) is 0 Å². The van der Waals surface area contributed by atoms with Gasteiger partial charge >= 0.3 is 0 Å². The third-order valence-electron chi connectivity index (χ3n) is 1.07. The highest BCUT2D eigenvalue weighted by Crippen LogP contribution is 2.09. The van der Waals surface area contributed by atoms with Crippen LogP contribution in [0.3, 0.4) is 0 Å². The first-order valence-corrected chi connectivity index (χ1v) is 2.77. The summed E-state index contributed by atoms with van der Waals surface area (Å²) in [7, 11) is 0. The Bertz CT molecular complexity index is 134. The molecule has 0 bridgehead atoms. The van der Waals surface area contributed by atoms with Gasteiger partial charge < -0.3 is 0 Å². The minimum atomic E-state index is -0.739. The Hall–Kier alpha value is -0.660. The predicted octanol–water partition coefficient (Wildman–Crippen LogP) is 2.78. The van der Waals surface area contributed by atoms with Gasteiger partial charge in [0, 0.05) is 0 Å². The Morgan fingerprint density at radius 2 is 2.11 bits per heavy atom. The smallest absolute Gasteiger partial charge is 0.124 e. The van der Waals surface area contributed by atoms with E-state index in [4.69, 9.17) is 0 Å². The molecular formula is C7H10F2. The van der Waals surface area contributed by atoms with Gasteiger partial charge in [0.1, 0.15) is 12.5 Å². The summed E-state index contributed by atoms with van der Waals surface area (Å²) in [5.74, 6) is -0.472. The van der Waals surface area contributed by atoms with E-state index in [1.807, 2.05) is 0 Å². The highest BCUT2D eigenvalue weighted by atomic mass is 19.1. The lowest BCUT2D eigenvalue weighted by Crippen LogP contribution is -1.76. The van der Waals surface area contributed by atoms with Gasteiger partial charge in [0.15, 0.2) is 0 Å². The SMILES string of the molecule is C/C=C(C)\C(F)=C/CF. The molecule has 0 saturated heterocycles. The molecule has 0 rings (SSSR count). The van der Waals surface area contributed by atoms with Crippen LogP contribution in [0.5, 0.6) is 0 Å². The van der Waals surface area contributed by atoms with Crippen LogP contribution in [-0.4, -0.2) is 6.67 Å². The van der Waals surface area contributed by atoms with Crippen molar-refractivity contribution in [2.45, 2.75) is 13.8 Å². The number of halogens is 2. The Labute approximate surface area is 53.9 Å². The lowest BCUT2D eigenvalue weighted by Gasteiger charge is -1.91. The number of allylic oxidation sites excluding steroid dienone is 4. The second kappa shape index (κ2) is 4.24. The van der Waals surface area contributed by atoms with Crippen LogP contribution in [0.1, 0.15) is 13.8 Å². The van der Waals surface area contributed by atoms with E-state index in [0.717, 1.165) is 6.08 Å². The van der Waals surface area contributed by atoms with Gasteiger partial charge in [-0.3, -0.25) is 0 Å². The van der Waals surface area contributed by atoms with Crippen molar-refractivity contribution in [1.29, 1.82) is 0 Å². The average Bonchev–Trinajstić information content (AvgIpc) is 1.87. The molecule has 0 amide bonds. The molecule has 0 aliphatic rings. The zero-order valence-corrected chi connectivity index (χ0v) is 5.62. The summed E-state index contributed by atoms with van der Waals surface area (Å²) in [6.07, 6.45) is 2.51. The Morgan fingerprint density at radius 1 is 1.56 bits per heavy atom. The minimum absolute atomic E-state index is 0.472. The van der Waals surface area contributed by atoms with Gasteiger partial charge in [-0.25, -0.2) is 8.78 Å². The molecule has 52 valence electrons. The molecule has 0 aromatic rings. The van der Waals surface area contributed by atoms with Crippen LogP contribution < -0.4 is 0 Å². The summed E-state index contributed by atoms with van der Waals surface area (Å²) in [4.78, 5) is 0. The van der Waals surface area contributed by atoms with Gasteiger partial charge in [-0.05, 0) is 25.5 Å². The normalized spacial score (nSPS) is 14.2. The topological polar surface area (TPSA) is 0 Å². The first kappa shape index (κ1) is 8.34. The highest BCUT2D eigenvalue weighted by molar-refractivity contribution is 5.21. The molecule has 0 aromatic heterocycles. The fourth-order valence-electron chi connectivity index (χ4n) is 0.367. The molecule has 0 aliphatic carbocycles. The molecule has 0 unspecified atom stereocenters. The third kappa shape index (κ3) is 3.01. The van der Waals surface area contributed by atoms with Gasteiger partial charge in [-0.15, -0.1) is 0 Å². The predicted molar refractivity (Wildman–Crippen MR) is 34.6 cm³/mol. The number of hydrogen-bond acceptors (Lipinski definition) is 0. The maximum Gasteiger partial charge on any atom is 0.124 e. The van der Waals surface area contributed by atoms with E-state index in [-0.39, 0.29) is 0 Å². The highest BCUT2D eigenvalue weighted by Gasteiger charge is 1.93.